The van der Waals surface area contributed by atoms with E-state index in [2.05, 4.69) is 10.3 Å². The minimum atomic E-state index is -0.656. The minimum absolute atomic E-state index is 0.0590. The summed E-state index contributed by atoms with van der Waals surface area (Å²) in [6, 6.07) is 12.4. The van der Waals surface area contributed by atoms with Crippen LogP contribution in [0, 0.1) is 10.1 Å². The van der Waals surface area contributed by atoms with Crippen molar-refractivity contribution in [2.75, 3.05) is 5.32 Å². The number of pyridine rings is 1. The molecule has 0 spiro atoms. The Bertz CT molecular complexity index is 981. The summed E-state index contributed by atoms with van der Waals surface area (Å²) in [7, 11) is 0. The number of amides is 1. The molecule has 0 aliphatic heterocycles. The number of anilines is 1. The van der Waals surface area contributed by atoms with Gasteiger partial charge in [-0.25, -0.2) is 4.98 Å². The van der Waals surface area contributed by atoms with E-state index in [0.29, 0.717) is 6.54 Å². The summed E-state index contributed by atoms with van der Waals surface area (Å²) in [5, 5.41) is 12.9. The smallest absolute Gasteiger partial charge is 0.310 e. The van der Waals surface area contributed by atoms with Crippen molar-refractivity contribution in [3.63, 3.8) is 0 Å². The second-order valence-corrected chi connectivity index (χ2v) is 6.06. The number of carbonyl (C=O) groups is 1. The molecule has 1 amide bonds. The van der Waals surface area contributed by atoms with E-state index in [1.165, 1.54) is 10.6 Å². The van der Waals surface area contributed by atoms with Crippen LogP contribution in [0.3, 0.4) is 0 Å². The molecule has 25 heavy (non-hydrogen) atoms. The fraction of sp³-hybridized carbons (Fsp3) is 0.0625. The van der Waals surface area contributed by atoms with Crippen molar-refractivity contribution < 1.29 is 9.72 Å². The summed E-state index contributed by atoms with van der Waals surface area (Å²) in [6.07, 6.45) is 2.65. The van der Waals surface area contributed by atoms with Crippen LogP contribution in [0.15, 0.2) is 59.7 Å². The summed E-state index contributed by atoms with van der Waals surface area (Å²) >= 11 is 0.726. The topological polar surface area (TPSA) is 107 Å². The Morgan fingerprint density at radius 3 is 2.68 bits per heavy atom. The molecule has 0 bridgehead atoms. The van der Waals surface area contributed by atoms with Gasteiger partial charge in [0, 0.05) is 6.20 Å². The summed E-state index contributed by atoms with van der Waals surface area (Å²) < 4.78 is 1.43. The van der Waals surface area contributed by atoms with Gasteiger partial charge in [0.2, 0.25) is 0 Å². The molecule has 8 nitrogen and oxygen atoms in total. The molecule has 0 aliphatic rings. The molecule has 2 heterocycles. The number of hydrogen-bond donors (Lipinski definition) is 1. The van der Waals surface area contributed by atoms with Gasteiger partial charge in [0.1, 0.15) is 11.8 Å². The Labute approximate surface area is 145 Å². The molecule has 0 atom stereocenters. The predicted molar refractivity (Wildman–Crippen MR) is 93.0 cm³/mol. The quantitative estimate of drug-likeness (QED) is 0.558. The van der Waals surface area contributed by atoms with Crippen LogP contribution in [0.5, 0.6) is 0 Å². The van der Waals surface area contributed by atoms with Crippen molar-refractivity contribution in [3.05, 3.63) is 86.5 Å². The van der Waals surface area contributed by atoms with E-state index in [9.17, 15) is 19.7 Å². The molecule has 9 heteroatoms. The van der Waals surface area contributed by atoms with E-state index in [-0.39, 0.29) is 15.7 Å². The lowest BCUT2D eigenvalue weighted by atomic mass is 10.2. The third-order valence-electron chi connectivity index (χ3n) is 3.35. The van der Waals surface area contributed by atoms with Gasteiger partial charge in [0.05, 0.1) is 11.5 Å². The van der Waals surface area contributed by atoms with Gasteiger partial charge in [-0.05, 0) is 29.0 Å². The zero-order chi connectivity index (χ0) is 17.8. The van der Waals surface area contributed by atoms with Gasteiger partial charge in [-0.1, -0.05) is 30.3 Å². The number of rotatable bonds is 5. The van der Waals surface area contributed by atoms with Crippen LogP contribution in [-0.4, -0.2) is 20.4 Å². The molecule has 0 fully saturated rings. The molecule has 0 saturated carbocycles. The van der Waals surface area contributed by atoms with Crippen molar-refractivity contribution in [1.29, 1.82) is 0 Å². The van der Waals surface area contributed by atoms with Crippen molar-refractivity contribution >= 4 is 27.4 Å². The summed E-state index contributed by atoms with van der Waals surface area (Å²) in [4.78, 5) is 38.6. The van der Waals surface area contributed by atoms with Crippen molar-refractivity contribution in [1.82, 2.24) is 9.55 Å². The first-order valence-corrected chi connectivity index (χ1v) is 8.01. The Morgan fingerprint density at radius 2 is 2.00 bits per heavy atom. The SMILES string of the molecule is O=C(Nc1ncc([N+](=O)[O-])s1)c1cccn(Cc2ccccc2)c1=O. The van der Waals surface area contributed by atoms with Crippen LogP contribution in [-0.2, 0) is 6.54 Å². The largest absolute Gasteiger partial charge is 0.345 e. The maximum Gasteiger partial charge on any atom is 0.345 e. The van der Waals surface area contributed by atoms with Crippen molar-refractivity contribution in [3.8, 4) is 0 Å². The number of aromatic nitrogens is 2. The molecule has 2 aromatic heterocycles. The first-order chi connectivity index (χ1) is 12.0. The van der Waals surface area contributed by atoms with E-state index >= 15 is 0 Å². The molecule has 3 rings (SSSR count). The molecular formula is C16H12N4O4S. The number of nitro groups is 1. The number of thiazole rings is 1. The summed E-state index contributed by atoms with van der Waals surface area (Å²) in [5.74, 6) is -0.656. The average molecular weight is 356 g/mol. The number of hydrogen-bond acceptors (Lipinski definition) is 6. The van der Waals surface area contributed by atoms with E-state index in [0.717, 1.165) is 23.1 Å². The Hall–Kier alpha value is -3.33. The number of nitrogens with zero attached hydrogens (tertiary/aromatic N) is 3. The van der Waals surface area contributed by atoms with Gasteiger partial charge < -0.3 is 4.57 Å². The highest BCUT2D eigenvalue weighted by atomic mass is 32.1. The Kier molecular flexibility index (Phi) is 4.66. The molecule has 1 aromatic carbocycles. The van der Waals surface area contributed by atoms with E-state index < -0.39 is 16.4 Å². The van der Waals surface area contributed by atoms with Crippen LogP contribution >= 0.6 is 11.3 Å². The molecule has 126 valence electrons. The first-order valence-electron chi connectivity index (χ1n) is 7.19. The van der Waals surface area contributed by atoms with Crippen molar-refractivity contribution in [2.45, 2.75) is 6.54 Å². The predicted octanol–water partition coefficient (Wildman–Crippen LogP) is 2.51. The van der Waals surface area contributed by atoms with Gasteiger partial charge in [0.15, 0.2) is 5.13 Å². The zero-order valence-electron chi connectivity index (χ0n) is 12.8. The van der Waals surface area contributed by atoms with Crippen LogP contribution in [0.1, 0.15) is 15.9 Å². The fourth-order valence-corrected chi connectivity index (χ4v) is 2.81. The standard InChI is InChI=1S/C16H12N4O4S/c21-14(18-16-17-9-13(25-16)20(23)24)12-7-4-8-19(15(12)22)10-11-5-2-1-3-6-11/h1-9H,10H2,(H,17,18,21). The molecule has 0 radical (unpaired) electrons. The molecule has 0 saturated heterocycles. The highest BCUT2D eigenvalue weighted by Crippen LogP contribution is 2.25. The lowest BCUT2D eigenvalue weighted by Gasteiger charge is -2.08. The van der Waals surface area contributed by atoms with Crippen molar-refractivity contribution in [2.24, 2.45) is 0 Å². The Balaban J connectivity index is 1.82. The number of carbonyl (C=O) groups excluding carboxylic acids is 1. The molecule has 0 unspecified atom stereocenters. The molecule has 1 N–H and O–H groups in total. The lowest BCUT2D eigenvalue weighted by Crippen LogP contribution is -2.28. The van der Waals surface area contributed by atoms with Gasteiger partial charge in [-0.2, -0.15) is 0 Å². The second kappa shape index (κ2) is 7.05. The van der Waals surface area contributed by atoms with E-state index in [1.807, 2.05) is 30.3 Å². The van der Waals surface area contributed by atoms with Crippen LogP contribution in [0.2, 0.25) is 0 Å². The average Bonchev–Trinajstić information content (AvgIpc) is 3.06. The van der Waals surface area contributed by atoms with Gasteiger partial charge in [0.25, 0.3) is 11.5 Å². The van der Waals surface area contributed by atoms with Gasteiger partial charge >= 0.3 is 5.00 Å². The van der Waals surface area contributed by atoms with E-state index in [1.54, 1.807) is 12.3 Å². The second-order valence-electron chi connectivity index (χ2n) is 5.06. The van der Waals surface area contributed by atoms with Gasteiger partial charge in [-0.15, -0.1) is 0 Å². The number of benzene rings is 1. The molecule has 0 aliphatic carbocycles. The third kappa shape index (κ3) is 3.78. The lowest BCUT2D eigenvalue weighted by molar-refractivity contribution is -0.380. The maximum absolute atomic E-state index is 12.5. The third-order valence-corrected chi connectivity index (χ3v) is 4.22. The fourth-order valence-electron chi connectivity index (χ4n) is 2.19. The monoisotopic (exact) mass is 356 g/mol. The minimum Gasteiger partial charge on any atom is -0.310 e. The van der Waals surface area contributed by atoms with Crippen LogP contribution in [0.25, 0.3) is 0 Å². The normalized spacial score (nSPS) is 10.4. The Morgan fingerprint density at radius 1 is 1.24 bits per heavy atom. The highest BCUT2D eigenvalue weighted by Gasteiger charge is 2.17. The molecule has 3 aromatic rings. The summed E-state index contributed by atoms with van der Waals surface area (Å²) in [5.41, 5.74) is 0.420. The van der Waals surface area contributed by atoms with E-state index in [4.69, 9.17) is 0 Å². The number of nitrogens with one attached hydrogen (secondary N) is 1. The van der Waals surface area contributed by atoms with Crippen LogP contribution < -0.4 is 10.9 Å². The van der Waals surface area contributed by atoms with Gasteiger partial charge in [-0.3, -0.25) is 25.0 Å². The van der Waals surface area contributed by atoms with Crippen LogP contribution in [0.4, 0.5) is 10.1 Å². The summed E-state index contributed by atoms with van der Waals surface area (Å²) in [6.45, 7) is 0.337. The highest BCUT2D eigenvalue weighted by molar-refractivity contribution is 7.18. The first kappa shape index (κ1) is 16.5. The maximum atomic E-state index is 12.5. The zero-order valence-corrected chi connectivity index (χ0v) is 13.6. The molecular weight excluding hydrogens is 344 g/mol.